The molecule has 0 aromatic rings. The van der Waals surface area contributed by atoms with Gasteiger partial charge in [-0.1, -0.05) is 24.3 Å². The molecule has 0 radical (unpaired) electrons. The van der Waals surface area contributed by atoms with E-state index in [1.807, 2.05) is 6.08 Å². The average molecular weight is 288 g/mol. The fourth-order valence-corrected chi connectivity index (χ4v) is 5.51. The maximum absolute atomic E-state index is 12.0. The first-order valence-corrected chi connectivity index (χ1v) is 7.84. The van der Waals surface area contributed by atoms with Crippen LogP contribution in [0.3, 0.4) is 0 Å². The van der Waals surface area contributed by atoms with E-state index in [4.69, 9.17) is 0 Å². The van der Waals surface area contributed by atoms with Gasteiger partial charge >= 0.3 is 11.9 Å². The van der Waals surface area contributed by atoms with E-state index < -0.39 is 17.4 Å². The van der Waals surface area contributed by atoms with Crippen molar-refractivity contribution in [2.24, 2.45) is 40.9 Å². The highest BCUT2D eigenvalue weighted by atomic mass is 16.4. The van der Waals surface area contributed by atoms with Gasteiger partial charge < -0.3 is 10.2 Å². The van der Waals surface area contributed by atoms with E-state index >= 15 is 0 Å². The average Bonchev–Trinajstić information content (AvgIpc) is 3.17. The summed E-state index contributed by atoms with van der Waals surface area (Å²) in [6.45, 7) is 0. The summed E-state index contributed by atoms with van der Waals surface area (Å²) >= 11 is 0. The van der Waals surface area contributed by atoms with E-state index in [0.29, 0.717) is 18.8 Å². The molecule has 2 N–H and O–H groups in total. The summed E-state index contributed by atoms with van der Waals surface area (Å²) in [7, 11) is 0. The number of rotatable bonds is 4. The number of carboxylic acid groups (broad SMARTS) is 2. The Morgan fingerprint density at radius 2 is 1.81 bits per heavy atom. The second-order valence-corrected chi connectivity index (χ2v) is 7.33. The lowest BCUT2D eigenvalue weighted by Gasteiger charge is -2.37. The smallest absolute Gasteiger partial charge is 0.310 e. The fourth-order valence-electron chi connectivity index (χ4n) is 5.51. The van der Waals surface area contributed by atoms with E-state index in [-0.39, 0.29) is 29.6 Å². The Kier molecular flexibility index (Phi) is 2.63. The minimum atomic E-state index is -0.754. The Balaban J connectivity index is 1.65. The van der Waals surface area contributed by atoms with Gasteiger partial charge in [0.05, 0.1) is 11.3 Å². The predicted molar refractivity (Wildman–Crippen MR) is 75.4 cm³/mol. The molecule has 21 heavy (non-hydrogen) atoms. The first-order chi connectivity index (χ1) is 10.0. The van der Waals surface area contributed by atoms with Gasteiger partial charge in [-0.05, 0) is 55.3 Å². The van der Waals surface area contributed by atoms with Gasteiger partial charge in [0.2, 0.25) is 0 Å². The molecule has 0 heterocycles. The summed E-state index contributed by atoms with van der Waals surface area (Å²) < 4.78 is 0. The Bertz CT molecular complexity index is 563. The van der Waals surface area contributed by atoms with Crippen molar-refractivity contribution >= 4 is 11.9 Å². The summed E-state index contributed by atoms with van der Waals surface area (Å²) in [5, 5.41) is 19.4. The van der Waals surface area contributed by atoms with Gasteiger partial charge in [0.1, 0.15) is 0 Å². The molecule has 0 aliphatic heterocycles. The molecule has 4 bridgehead atoms. The number of carbonyl (C=O) groups is 2. The van der Waals surface area contributed by atoms with Crippen LogP contribution in [-0.4, -0.2) is 22.2 Å². The highest BCUT2D eigenvalue weighted by molar-refractivity contribution is 5.77. The van der Waals surface area contributed by atoms with Crippen LogP contribution in [0.2, 0.25) is 0 Å². The van der Waals surface area contributed by atoms with E-state index in [0.717, 1.165) is 12.8 Å². The van der Waals surface area contributed by atoms with Crippen LogP contribution in [0.25, 0.3) is 0 Å². The van der Waals surface area contributed by atoms with Crippen LogP contribution in [0.1, 0.15) is 25.7 Å². The largest absolute Gasteiger partial charge is 0.481 e. The number of allylic oxidation sites excluding steroid dienone is 4. The van der Waals surface area contributed by atoms with Crippen molar-refractivity contribution in [2.75, 3.05) is 0 Å². The summed E-state index contributed by atoms with van der Waals surface area (Å²) in [6.07, 6.45) is 11.4. The second-order valence-electron chi connectivity index (χ2n) is 7.33. The number of fused-ring (bicyclic) bond motifs is 4. The minimum absolute atomic E-state index is 0.0126. The zero-order chi connectivity index (χ0) is 14.8. The highest BCUT2D eigenvalue weighted by Gasteiger charge is 2.58. The molecule has 7 atom stereocenters. The van der Waals surface area contributed by atoms with Gasteiger partial charge in [0.15, 0.2) is 0 Å². The highest BCUT2D eigenvalue weighted by Crippen LogP contribution is 2.60. The van der Waals surface area contributed by atoms with Gasteiger partial charge in [-0.2, -0.15) is 0 Å². The number of hydrogen-bond donors (Lipinski definition) is 2. The van der Waals surface area contributed by atoms with Crippen LogP contribution in [0.15, 0.2) is 24.3 Å². The number of aliphatic carboxylic acids is 2. The van der Waals surface area contributed by atoms with Gasteiger partial charge in [-0.15, -0.1) is 0 Å². The van der Waals surface area contributed by atoms with E-state index in [2.05, 4.69) is 18.2 Å². The summed E-state index contributed by atoms with van der Waals surface area (Å²) in [5.74, 6) is -1.04. The third-order valence-electron chi connectivity index (χ3n) is 6.44. The molecule has 0 aromatic heterocycles. The fraction of sp³-hybridized carbons (Fsp3) is 0.647. The van der Waals surface area contributed by atoms with Crippen molar-refractivity contribution in [3.05, 3.63) is 24.3 Å². The van der Waals surface area contributed by atoms with Gasteiger partial charge in [0, 0.05) is 0 Å². The third-order valence-corrected chi connectivity index (χ3v) is 6.44. The van der Waals surface area contributed by atoms with Crippen molar-refractivity contribution in [3.63, 3.8) is 0 Å². The van der Waals surface area contributed by atoms with Crippen molar-refractivity contribution in [3.8, 4) is 0 Å². The summed E-state index contributed by atoms with van der Waals surface area (Å²) in [4.78, 5) is 23.6. The van der Waals surface area contributed by atoms with Crippen LogP contribution in [-0.2, 0) is 9.59 Å². The molecule has 0 saturated heterocycles. The Hall–Kier alpha value is -1.58. The standard InChI is InChI=1S/C17H20O4/c18-15(19)14-11-3-2-10(6-11)13(14)8-17(16(20)21)7-9-1-4-12(17)5-9/h1-4,9-14H,5-8H2,(H,18,19)(H,20,21). The first kappa shape index (κ1) is 13.1. The maximum Gasteiger partial charge on any atom is 0.310 e. The molecule has 4 rings (SSSR count). The molecule has 4 nitrogen and oxygen atoms in total. The predicted octanol–water partition coefficient (Wildman–Crippen LogP) is 2.57. The molecule has 7 unspecified atom stereocenters. The van der Waals surface area contributed by atoms with Crippen LogP contribution >= 0.6 is 0 Å². The molecule has 0 spiro atoms. The van der Waals surface area contributed by atoms with Crippen molar-refractivity contribution < 1.29 is 19.8 Å². The molecule has 4 heteroatoms. The molecule has 4 aliphatic carbocycles. The van der Waals surface area contributed by atoms with Crippen LogP contribution < -0.4 is 0 Å². The lowest BCUT2D eigenvalue weighted by Crippen LogP contribution is -2.40. The Morgan fingerprint density at radius 3 is 2.38 bits per heavy atom. The topological polar surface area (TPSA) is 74.6 Å². The molecule has 112 valence electrons. The van der Waals surface area contributed by atoms with E-state index in [9.17, 15) is 19.8 Å². The molecule has 0 amide bonds. The Morgan fingerprint density at radius 1 is 1.05 bits per heavy atom. The SMILES string of the molecule is O=C(O)C1C2C=CC(C2)C1CC1(C(=O)O)CC2C=CC1C2. The van der Waals surface area contributed by atoms with E-state index in [1.54, 1.807) is 0 Å². The normalized spacial score (nSPS) is 49.1. The quantitative estimate of drug-likeness (QED) is 0.780. The lowest BCUT2D eigenvalue weighted by atomic mass is 9.65. The van der Waals surface area contributed by atoms with Crippen LogP contribution in [0.4, 0.5) is 0 Å². The zero-order valence-electron chi connectivity index (χ0n) is 11.8. The third kappa shape index (κ3) is 1.68. The van der Waals surface area contributed by atoms with Gasteiger partial charge in [-0.25, -0.2) is 0 Å². The molecule has 0 aromatic carbocycles. The molecule has 2 saturated carbocycles. The molecule has 4 aliphatic rings. The summed E-state index contributed by atoms with van der Waals surface area (Å²) in [5.41, 5.74) is -0.726. The van der Waals surface area contributed by atoms with Crippen LogP contribution in [0.5, 0.6) is 0 Å². The number of carboxylic acids is 2. The number of hydrogen-bond acceptors (Lipinski definition) is 2. The van der Waals surface area contributed by atoms with E-state index in [1.165, 1.54) is 0 Å². The zero-order valence-corrected chi connectivity index (χ0v) is 11.8. The lowest BCUT2D eigenvalue weighted by molar-refractivity contribution is -0.155. The van der Waals surface area contributed by atoms with Crippen LogP contribution in [0, 0.1) is 40.9 Å². The van der Waals surface area contributed by atoms with Crippen molar-refractivity contribution in [2.45, 2.75) is 25.7 Å². The van der Waals surface area contributed by atoms with Gasteiger partial charge in [0.25, 0.3) is 0 Å². The van der Waals surface area contributed by atoms with Crippen molar-refractivity contribution in [1.29, 1.82) is 0 Å². The van der Waals surface area contributed by atoms with Gasteiger partial charge in [-0.3, -0.25) is 9.59 Å². The van der Waals surface area contributed by atoms with Crippen molar-refractivity contribution in [1.82, 2.24) is 0 Å². The Labute approximate surface area is 123 Å². The molecular weight excluding hydrogens is 268 g/mol. The maximum atomic E-state index is 12.0. The first-order valence-electron chi connectivity index (χ1n) is 7.84. The minimum Gasteiger partial charge on any atom is -0.481 e. The molecule has 2 fully saturated rings. The molecular formula is C17H20O4. The summed E-state index contributed by atoms with van der Waals surface area (Å²) in [6, 6.07) is 0. The second kappa shape index (κ2) is 4.21. The monoisotopic (exact) mass is 288 g/mol.